The van der Waals surface area contributed by atoms with Crippen molar-refractivity contribution in [2.75, 3.05) is 11.1 Å². The summed E-state index contributed by atoms with van der Waals surface area (Å²) in [5.41, 5.74) is 2.14. The van der Waals surface area contributed by atoms with Crippen LogP contribution >= 0.6 is 23.1 Å². The third kappa shape index (κ3) is 3.15. The van der Waals surface area contributed by atoms with E-state index in [4.69, 9.17) is 0 Å². The lowest BCUT2D eigenvalue weighted by Gasteiger charge is -2.00. The molecule has 0 unspecified atom stereocenters. The fourth-order valence-corrected chi connectivity index (χ4v) is 4.01. The van der Waals surface area contributed by atoms with Crippen LogP contribution in [0.5, 0.6) is 0 Å². The highest BCUT2D eigenvalue weighted by atomic mass is 32.2. The first-order chi connectivity index (χ1) is 10.7. The lowest BCUT2D eigenvalue weighted by atomic mass is 10.1. The van der Waals surface area contributed by atoms with E-state index in [1.165, 1.54) is 11.3 Å². The number of hydrogen-bond donors (Lipinski definition) is 1. The number of hydrogen-bond acceptors (Lipinski definition) is 5. The number of carbonyl (C=O) groups excluding carboxylic acids is 1. The molecule has 0 spiro atoms. The second kappa shape index (κ2) is 6.50. The second-order valence-electron chi connectivity index (χ2n) is 4.81. The standard InChI is InChI=1S/C15H16N4OS2/c1-3-21-15-18-17-14(22-15)16-13(20)8-10-9-19(2)12-7-5-4-6-11(10)12/h4-7,9H,3,8H2,1-2H3,(H,16,17,20). The van der Waals surface area contributed by atoms with E-state index in [-0.39, 0.29) is 5.91 Å². The molecule has 0 aliphatic heterocycles. The quantitative estimate of drug-likeness (QED) is 0.575. The Kier molecular flexibility index (Phi) is 4.44. The molecular formula is C15H16N4OS2. The van der Waals surface area contributed by atoms with Crippen LogP contribution in [0.15, 0.2) is 34.8 Å². The third-order valence-electron chi connectivity index (χ3n) is 3.25. The van der Waals surface area contributed by atoms with Gasteiger partial charge in [0.25, 0.3) is 0 Å². The van der Waals surface area contributed by atoms with E-state index >= 15 is 0 Å². The Balaban J connectivity index is 1.72. The minimum absolute atomic E-state index is 0.0689. The number of thioether (sulfide) groups is 1. The monoisotopic (exact) mass is 332 g/mol. The topological polar surface area (TPSA) is 59.8 Å². The predicted molar refractivity (Wildman–Crippen MR) is 91.6 cm³/mol. The van der Waals surface area contributed by atoms with Crippen LogP contribution in [-0.4, -0.2) is 26.4 Å². The van der Waals surface area contributed by atoms with E-state index in [2.05, 4.69) is 28.5 Å². The molecule has 0 saturated heterocycles. The van der Waals surface area contributed by atoms with Gasteiger partial charge in [0.05, 0.1) is 6.42 Å². The van der Waals surface area contributed by atoms with Gasteiger partial charge in [-0.2, -0.15) is 0 Å². The first kappa shape index (κ1) is 15.1. The number of amides is 1. The number of aromatic nitrogens is 3. The fraction of sp³-hybridized carbons (Fsp3) is 0.267. The summed E-state index contributed by atoms with van der Waals surface area (Å²) in [6, 6.07) is 8.08. The van der Waals surface area contributed by atoms with E-state index in [1.54, 1.807) is 11.8 Å². The molecule has 0 aliphatic rings. The summed E-state index contributed by atoms with van der Waals surface area (Å²) >= 11 is 3.03. The summed E-state index contributed by atoms with van der Waals surface area (Å²) in [4.78, 5) is 12.2. The van der Waals surface area contributed by atoms with Gasteiger partial charge in [-0.1, -0.05) is 48.2 Å². The summed E-state index contributed by atoms with van der Waals surface area (Å²) in [7, 11) is 1.99. The minimum atomic E-state index is -0.0689. The summed E-state index contributed by atoms with van der Waals surface area (Å²) in [5, 5.41) is 12.5. The SMILES string of the molecule is CCSc1nnc(NC(=O)Cc2cn(C)c3ccccc23)s1. The van der Waals surface area contributed by atoms with Crippen LogP contribution in [-0.2, 0) is 18.3 Å². The Labute approximate surface area is 136 Å². The predicted octanol–water partition coefficient (Wildman–Crippen LogP) is 3.32. The van der Waals surface area contributed by atoms with Crippen molar-refractivity contribution >= 4 is 45.0 Å². The lowest BCUT2D eigenvalue weighted by molar-refractivity contribution is -0.115. The molecule has 0 radical (unpaired) electrons. The highest BCUT2D eigenvalue weighted by molar-refractivity contribution is 8.01. The molecular weight excluding hydrogens is 316 g/mol. The summed E-state index contributed by atoms with van der Waals surface area (Å²) < 4.78 is 2.92. The van der Waals surface area contributed by atoms with E-state index in [0.29, 0.717) is 11.6 Å². The Morgan fingerprint density at radius 2 is 2.18 bits per heavy atom. The average Bonchev–Trinajstić information content (AvgIpc) is 3.06. The zero-order valence-electron chi connectivity index (χ0n) is 12.4. The largest absolute Gasteiger partial charge is 0.350 e. The number of nitrogens with zero attached hydrogens (tertiary/aromatic N) is 3. The van der Waals surface area contributed by atoms with Crippen molar-refractivity contribution in [2.45, 2.75) is 17.7 Å². The highest BCUT2D eigenvalue weighted by Gasteiger charge is 2.12. The van der Waals surface area contributed by atoms with Crippen LogP contribution in [0.25, 0.3) is 10.9 Å². The summed E-state index contributed by atoms with van der Waals surface area (Å²) in [6.07, 6.45) is 2.33. The number of nitrogens with one attached hydrogen (secondary N) is 1. The second-order valence-corrected chi connectivity index (χ2v) is 7.30. The first-order valence-electron chi connectivity index (χ1n) is 6.96. The zero-order chi connectivity index (χ0) is 15.5. The van der Waals surface area contributed by atoms with Gasteiger partial charge < -0.3 is 9.88 Å². The van der Waals surface area contributed by atoms with Crippen LogP contribution in [0.3, 0.4) is 0 Å². The van der Waals surface area contributed by atoms with Crippen molar-refractivity contribution in [1.29, 1.82) is 0 Å². The molecule has 0 bridgehead atoms. The van der Waals surface area contributed by atoms with Gasteiger partial charge in [0.2, 0.25) is 11.0 Å². The molecule has 114 valence electrons. The molecule has 5 nitrogen and oxygen atoms in total. The Morgan fingerprint density at radius 1 is 1.36 bits per heavy atom. The molecule has 3 rings (SSSR count). The third-order valence-corrected chi connectivity index (χ3v) is 5.11. The molecule has 0 saturated carbocycles. The van der Waals surface area contributed by atoms with Crippen LogP contribution in [0.2, 0.25) is 0 Å². The zero-order valence-corrected chi connectivity index (χ0v) is 14.0. The molecule has 0 atom stereocenters. The Hall–Kier alpha value is -1.86. The number of anilines is 1. The van der Waals surface area contributed by atoms with Gasteiger partial charge in [0.1, 0.15) is 0 Å². The minimum Gasteiger partial charge on any atom is -0.350 e. The molecule has 0 fully saturated rings. The van der Waals surface area contributed by atoms with Crippen LogP contribution in [0.1, 0.15) is 12.5 Å². The Bertz CT molecular complexity index is 809. The molecule has 7 heteroatoms. The smallest absolute Gasteiger partial charge is 0.230 e. The average molecular weight is 332 g/mol. The molecule has 2 heterocycles. The van der Waals surface area contributed by atoms with Crippen molar-refractivity contribution in [3.63, 3.8) is 0 Å². The van der Waals surface area contributed by atoms with Crippen LogP contribution < -0.4 is 5.32 Å². The number of fused-ring (bicyclic) bond motifs is 1. The highest BCUT2D eigenvalue weighted by Crippen LogP contribution is 2.25. The van der Waals surface area contributed by atoms with Gasteiger partial charge in [0, 0.05) is 24.1 Å². The normalized spacial score (nSPS) is 11.0. The van der Waals surface area contributed by atoms with Crippen LogP contribution in [0.4, 0.5) is 5.13 Å². The molecule has 0 aliphatic carbocycles. The van der Waals surface area contributed by atoms with Crippen molar-refractivity contribution < 1.29 is 4.79 Å². The molecule has 1 aromatic carbocycles. The number of carbonyl (C=O) groups is 1. The number of rotatable bonds is 5. The van der Waals surface area contributed by atoms with E-state index in [0.717, 1.165) is 26.6 Å². The molecule has 1 N–H and O–H groups in total. The maximum absolute atomic E-state index is 12.2. The van der Waals surface area contributed by atoms with Crippen molar-refractivity contribution in [3.05, 3.63) is 36.0 Å². The summed E-state index contributed by atoms with van der Waals surface area (Å²) in [5.74, 6) is 0.874. The van der Waals surface area contributed by atoms with Crippen molar-refractivity contribution in [1.82, 2.24) is 14.8 Å². The van der Waals surface area contributed by atoms with E-state index in [9.17, 15) is 4.79 Å². The van der Waals surface area contributed by atoms with E-state index < -0.39 is 0 Å². The molecule has 1 amide bonds. The van der Waals surface area contributed by atoms with Gasteiger partial charge >= 0.3 is 0 Å². The van der Waals surface area contributed by atoms with Gasteiger partial charge in [-0.3, -0.25) is 4.79 Å². The number of aryl methyl sites for hydroxylation is 1. The fourth-order valence-electron chi connectivity index (χ4n) is 2.34. The Morgan fingerprint density at radius 3 is 3.00 bits per heavy atom. The lowest BCUT2D eigenvalue weighted by Crippen LogP contribution is -2.14. The van der Waals surface area contributed by atoms with Crippen molar-refractivity contribution in [3.8, 4) is 0 Å². The number of para-hydroxylation sites is 1. The van der Waals surface area contributed by atoms with Crippen molar-refractivity contribution in [2.24, 2.45) is 7.05 Å². The maximum atomic E-state index is 12.2. The van der Waals surface area contributed by atoms with Gasteiger partial charge in [0.15, 0.2) is 4.34 Å². The summed E-state index contributed by atoms with van der Waals surface area (Å²) in [6.45, 7) is 2.06. The van der Waals surface area contributed by atoms with Gasteiger partial charge in [-0.15, -0.1) is 10.2 Å². The molecule has 22 heavy (non-hydrogen) atoms. The first-order valence-corrected chi connectivity index (χ1v) is 8.76. The molecule has 2 aromatic heterocycles. The van der Waals surface area contributed by atoms with E-state index in [1.807, 2.05) is 36.0 Å². The number of benzene rings is 1. The maximum Gasteiger partial charge on any atom is 0.230 e. The van der Waals surface area contributed by atoms with Gasteiger partial charge in [-0.05, 0) is 17.4 Å². The van der Waals surface area contributed by atoms with Gasteiger partial charge in [-0.25, -0.2) is 0 Å². The van der Waals surface area contributed by atoms with Crippen LogP contribution in [0, 0.1) is 0 Å². The molecule has 3 aromatic rings.